The molecule has 0 saturated heterocycles. The van der Waals surface area contributed by atoms with Crippen LogP contribution in [0.25, 0.3) is 10.8 Å². The predicted octanol–water partition coefficient (Wildman–Crippen LogP) is 5.62. The normalized spacial score (nSPS) is 12.0. The highest BCUT2D eigenvalue weighted by Crippen LogP contribution is 2.38. The fourth-order valence-corrected chi connectivity index (χ4v) is 3.55. The Morgan fingerprint density at radius 3 is 2.26 bits per heavy atom. The number of hydrogen-bond donors (Lipinski definition) is 0. The zero-order valence-electron chi connectivity index (χ0n) is 22.8. The molecule has 0 unspecified atom stereocenters. The molecule has 8 nitrogen and oxygen atoms in total. The van der Waals surface area contributed by atoms with Gasteiger partial charge in [0.2, 0.25) is 0 Å². The van der Waals surface area contributed by atoms with Gasteiger partial charge in [0.05, 0.1) is 18.6 Å². The van der Waals surface area contributed by atoms with Crippen molar-refractivity contribution in [2.75, 3.05) is 38.9 Å². The van der Waals surface area contributed by atoms with Crippen molar-refractivity contribution in [2.45, 2.75) is 73.5 Å². The first-order chi connectivity index (χ1) is 16.3. The number of ether oxygens (including phenoxy) is 4. The predicted molar refractivity (Wildman–Crippen MR) is 140 cm³/mol. The Morgan fingerprint density at radius 1 is 1.00 bits per heavy atom. The third-order valence-electron chi connectivity index (χ3n) is 5.09. The average Bonchev–Trinajstić information content (AvgIpc) is 2.74. The van der Waals surface area contributed by atoms with Gasteiger partial charge in [0.15, 0.2) is 11.6 Å². The number of rotatable bonds is 10. The molecule has 0 radical (unpaired) electrons. The first-order valence-electron chi connectivity index (χ1n) is 12.2. The van der Waals surface area contributed by atoms with Gasteiger partial charge in [-0.2, -0.15) is 0 Å². The maximum atomic E-state index is 13.8. The summed E-state index contributed by atoms with van der Waals surface area (Å²) in [5, 5.41) is 1.10. The van der Waals surface area contributed by atoms with Crippen LogP contribution in [0.15, 0.2) is 23.0 Å². The molecule has 0 aliphatic rings. The number of hydrogen-bond acceptors (Lipinski definition) is 6. The fourth-order valence-electron chi connectivity index (χ4n) is 3.55. The highest BCUT2D eigenvalue weighted by molar-refractivity contribution is 5.97. The maximum Gasteiger partial charge on any atom is 0.415 e. The van der Waals surface area contributed by atoms with E-state index in [1.54, 1.807) is 36.9 Å². The van der Waals surface area contributed by atoms with Gasteiger partial charge in [0.1, 0.15) is 18.0 Å². The molecule has 1 amide bonds. The summed E-state index contributed by atoms with van der Waals surface area (Å²) >= 11 is 0. The first kappa shape index (κ1) is 28.5. The molecule has 0 N–H and O–H groups in total. The minimum Gasteiger partial charge on any atom is -0.491 e. The van der Waals surface area contributed by atoms with Gasteiger partial charge in [0.25, 0.3) is 5.56 Å². The monoisotopic (exact) mass is 490 g/mol. The lowest BCUT2D eigenvalue weighted by molar-refractivity contribution is 0.0585. The maximum absolute atomic E-state index is 13.8. The number of methoxy groups -OCH3 is 1. The van der Waals surface area contributed by atoms with Gasteiger partial charge in [-0.05, 0) is 50.8 Å². The number of anilines is 1. The number of carbonyl (C=O) groups excluding carboxylic acids is 1. The van der Waals surface area contributed by atoms with Crippen LogP contribution in [0.5, 0.6) is 11.5 Å². The summed E-state index contributed by atoms with van der Waals surface area (Å²) in [5.74, 6) is 1.42. The van der Waals surface area contributed by atoms with Gasteiger partial charge in [-0.1, -0.05) is 34.1 Å². The van der Waals surface area contributed by atoms with E-state index in [0.29, 0.717) is 54.5 Å². The van der Waals surface area contributed by atoms with Crippen molar-refractivity contribution in [3.63, 3.8) is 0 Å². The van der Waals surface area contributed by atoms with Gasteiger partial charge in [-0.25, -0.2) is 4.79 Å². The van der Waals surface area contributed by atoms with E-state index in [1.807, 2.05) is 41.5 Å². The lowest BCUT2D eigenvalue weighted by Gasteiger charge is -2.30. The Balaban J connectivity index is 2.82. The highest BCUT2D eigenvalue weighted by Gasteiger charge is 2.29. The largest absolute Gasteiger partial charge is 0.491 e. The van der Waals surface area contributed by atoms with E-state index in [1.165, 1.54) is 4.90 Å². The van der Waals surface area contributed by atoms with Gasteiger partial charge in [-0.3, -0.25) is 14.3 Å². The summed E-state index contributed by atoms with van der Waals surface area (Å²) in [5.41, 5.74) is -1.12. The van der Waals surface area contributed by atoms with Crippen LogP contribution in [0.2, 0.25) is 0 Å². The summed E-state index contributed by atoms with van der Waals surface area (Å²) in [6, 6.07) is 5.32. The molecule has 0 bridgehead atoms. The van der Waals surface area contributed by atoms with Crippen molar-refractivity contribution in [1.29, 1.82) is 0 Å². The third-order valence-corrected chi connectivity index (χ3v) is 5.09. The minimum absolute atomic E-state index is 0.202. The van der Waals surface area contributed by atoms with E-state index >= 15 is 0 Å². The Morgan fingerprint density at radius 2 is 1.69 bits per heavy atom. The molecular formula is C27H42N2O6. The van der Waals surface area contributed by atoms with Gasteiger partial charge < -0.3 is 18.9 Å². The number of unbranched alkanes of at least 4 members (excludes halogenated alkanes) is 1. The van der Waals surface area contributed by atoms with Crippen molar-refractivity contribution < 1.29 is 23.7 Å². The molecule has 8 heteroatoms. The lowest BCUT2D eigenvalue weighted by atomic mass is 9.96. The zero-order valence-corrected chi connectivity index (χ0v) is 22.8. The van der Waals surface area contributed by atoms with E-state index in [2.05, 4.69) is 6.92 Å². The van der Waals surface area contributed by atoms with Crippen molar-refractivity contribution in [1.82, 2.24) is 4.57 Å². The number of benzene rings is 1. The number of carbonyl (C=O) groups is 1. The van der Waals surface area contributed by atoms with Crippen LogP contribution >= 0.6 is 0 Å². The zero-order chi connectivity index (χ0) is 26.4. The van der Waals surface area contributed by atoms with Crippen LogP contribution in [-0.2, 0) is 16.0 Å². The molecule has 0 aliphatic heterocycles. The second-order valence-corrected chi connectivity index (χ2v) is 10.9. The quantitative estimate of drug-likeness (QED) is 0.402. The smallest absolute Gasteiger partial charge is 0.415 e. The second-order valence-electron chi connectivity index (χ2n) is 10.9. The third kappa shape index (κ3) is 7.88. The molecule has 2 aromatic rings. The molecule has 1 aromatic heterocycles. The molecule has 2 rings (SSSR count). The summed E-state index contributed by atoms with van der Waals surface area (Å²) in [6.07, 6.45) is 1.22. The number of aromatic nitrogens is 1. The van der Waals surface area contributed by atoms with E-state index in [4.69, 9.17) is 18.9 Å². The number of fused-ring (bicyclic) bond motifs is 1. The Hall–Kier alpha value is -2.74. The molecule has 0 atom stereocenters. The average molecular weight is 491 g/mol. The highest BCUT2D eigenvalue weighted by atomic mass is 16.6. The number of pyridine rings is 1. The van der Waals surface area contributed by atoms with E-state index in [0.717, 1.165) is 12.8 Å². The standard InChI is InChI=1S/C27H42N2O6/c1-10-11-14-34-22-21-17-19(33-16-15-32-9)12-13-20(21)24(30)29(18-26(2,3)4)23(22)28(8)25(31)35-27(5,6)7/h12-13,17H,10-11,14-16,18H2,1-9H3. The summed E-state index contributed by atoms with van der Waals surface area (Å²) < 4.78 is 24.4. The summed E-state index contributed by atoms with van der Waals surface area (Å²) in [7, 11) is 3.22. The Bertz CT molecular complexity index is 1060. The van der Waals surface area contributed by atoms with Crippen molar-refractivity contribution >= 4 is 22.7 Å². The van der Waals surface area contributed by atoms with Crippen LogP contribution in [0.3, 0.4) is 0 Å². The van der Waals surface area contributed by atoms with Gasteiger partial charge >= 0.3 is 6.09 Å². The van der Waals surface area contributed by atoms with Crippen LogP contribution in [-0.4, -0.2) is 50.2 Å². The van der Waals surface area contributed by atoms with Crippen LogP contribution in [0.1, 0.15) is 61.3 Å². The summed E-state index contributed by atoms with van der Waals surface area (Å²) in [4.78, 5) is 28.3. The second kappa shape index (κ2) is 11.8. The fraction of sp³-hybridized carbons (Fsp3) is 0.630. The molecule has 1 aromatic carbocycles. The van der Waals surface area contributed by atoms with E-state index < -0.39 is 11.7 Å². The molecule has 0 fully saturated rings. The van der Waals surface area contributed by atoms with Crippen molar-refractivity contribution in [3.05, 3.63) is 28.6 Å². The molecular weight excluding hydrogens is 448 g/mol. The van der Waals surface area contributed by atoms with Crippen molar-refractivity contribution in [3.8, 4) is 11.5 Å². The van der Waals surface area contributed by atoms with Crippen molar-refractivity contribution in [2.24, 2.45) is 5.41 Å². The molecule has 35 heavy (non-hydrogen) atoms. The SMILES string of the molecule is CCCCOc1c(N(C)C(=O)OC(C)(C)C)n(CC(C)(C)C)c(=O)c2ccc(OCCOC)cc12. The molecule has 196 valence electrons. The molecule has 0 saturated carbocycles. The molecule has 0 aliphatic carbocycles. The topological polar surface area (TPSA) is 79.2 Å². The number of amides is 1. The first-order valence-corrected chi connectivity index (χ1v) is 12.2. The van der Waals surface area contributed by atoms with Crippen LogP contribution < -0.4 is 19.9 Å². The number of nitrogens with zero attached hydrogens (tertiary/aromatic N) is 2. The lowest BCUT2D eigenvalue weighted by Crippen LogP contribution is -2.39. The van der Waals surface area contributed by atoms with Crippen LogP contribution in [0, 0.1) is 5.41 Å². The van der Waals surface area contributed by atoms with Gasteiger partial charge in [0, 0.05) is 26.1 Å². The molecule has 0 spiro atoms. The van der Waals surface area contributed by atoms with E-state index in [9.17, 15) is 9.59 Å². The minimum atomic E-state index is -0.692. The Labute approximate surface area is 209 Å². The Kier molecular flexibility index (Phi) is 9.60. The van der Waals surface area contributed by atoms with E-state index in [-0.39, 0.29) is 11.0 Å². The molecule has 1 heterocycles. The van der Waals surface area contributed by atoms with Gasteiger partial charge in [-0.15, -0.1) is 0 Å². The summed E-state index contributed by atoms with van der Waals surface area (Å²) in [6.45, 7) is 15.3. The van der Waals surface area contributed by atoms with Crippen LogP contribution in [0.4, 0.5) is 10.6 Å².